The number of nitrogens with zero attached hydrogens (tertiary/aromatic N) is 1. The number of anilines is 1. The summed E-state index contributed by atoms with van der Waals surface area (Å²) >= 11 is 0. The van der Waals surface area contributed by atoms with E-state index in [1.54, 1.807) is 0 Å². The van der Waals surface area contributed by atoms with Gasteiger partial charge < -0.3 is 10.4 Å². The van der Waals surface area contributed by atoms with E-state index < -0.39 is 5.97 Å². The molecule has 1 atom stereocenters. The van der Waals surface area contributed by atoms with Gasteiger partial charge in [0.2, 0.25) is 0 Å². The Morgan fingerprint density at radius 1 is 1.32 bits per heavy atom. The van der Waals surface area contributed by atoms with Crippen molar-refractivity contribution in [3.8, 4) is 0 Å². The molecule has 1 unspecified atom stereocenters. The number of carbonyl (C=O) groups is 1. The lowest BCUT2D eigenvalue weighted by Gasteiger charge is -2.14. The Labute approximate surface area is 112 Å². The topological polar surface area (TPSA) is 62.2 Å². The molecule has 4 nitrogen and oxygen atoms in total. The van der Waals surface area contributed by atoms with Crippen LogP contribution in [0.1, 0.15) is 19.8 Å². The van der Waals surface area contributed by atoms with Crippen LogP contribution in [0.2, 0.25) is 0 Å². The smallest absolute Gasteiger partial charge is 0.303 e. The number of para-hydroxylation sites is 1. The Bertz CT molecular complexity index is 569. The van der Waals surface area contributed by atoms with Gasteiger partial charge in [-0.25, -0.2) is 4.98 Å². The second-order valence-electron chi connectivity index (χ2n) is 4.64. The highest BCUT2D eigenvalue weighted by molar-refractivity contribution is 5.80. The minimum absolute atomic E-state index is 0.130. The highest BCUT2D eigenvalue weighted by atomic mass is 16.4. The quantitative estimate of drug-likeness (QED) is 0.835. The van der Waals surface area contributed by atoms with E-state index in [-0.39, 0.29) is 12.3 Å². The number of pyridine rings is 1. The number of aromatic nitrogens is 1. The maximum Gasteiger partial charge on any atom is 0.303 e. The molecule has 0 radical (unpaired) electrons. The van der Waals surface area contributed by atoms with Gasteiger partial charge in [-0.2, -0.15) is 0 Å². The summed E-state index contributed by atoms with van der Waals surface area (Å²) < 4.78 is 0. The van der Waals surface area contributed by atoms with Crippen molar-refractivity contribution in [2.45, 2.75) is 19.8 Å². The van der Waals surface area contributed by atoms with Crippen LogP contribution in [0.5, 0.6) is 0 Å². The molecule has 1 heterocycles. The normalized spacial score (nSPS) is 12.3. The molecule has 0 fully saturated rings. The minimum Gasteiger partial charge on any atom is -0.481 e. The molecule has 0 spiro atoms. The fourth-order valence-electron chi connectivity index (χ4n) is 2.02. The average molecular weight is 258 g/mol. The first-order valence-corrected chi connectivity index (χ1v) is 6.50. The van der Waals surface area contributed by atoms with Crippen molar-refractivity contribution in [3.63, 3.8) is 0 Å². The van der Waals surface area contributed by atoms with Crippen LogP contribution in [0.25, 0.3) is 10.9 Å². The largest absolute Gasteiger partial charge is 0.481 e. The summed E-state index contributed by atoms with van der Waals surface area (Å²) in [7, 11) is 0. The van der Waals surface area contributed by atoms with Crippen molar-refractivity contribution in [2.75, 3.05) is 11.9 Å². The molecule has 19 heavy (non-hydrogen) atoms. The molecular weight excluding hydrogens is 240 g/mol. The predicted molar refractivity (Wildman–Crippen MR) is 76.3 cm³/mol. The van der Waals surface area contributed by atoms with Crippen molar-refractivity contribution in [1.29, 1.82) is 0 Å². The Morgan fingerprint density at radius 2 is 2.11 bits per heavy atom. The maximum absolute atomic E-state index is 10.7. The monoisotopic (exact) mass is 258 g/mol. The van der Waals surface area contributed by atoms with Crippen LogP contribution >= 0.6 is 0 Å². The summed E-state index contributed by atoms with van der Waals surface area (Å²) in [5, 5.41) is 13.1. The van der Waals surface area contributed by atoms with E-state index in [1.165, 1.54) is 0 Å². The zero-order valence-corrected chi connectivity index (χ0v) is 11.0. The average Bonchev–Trinajstić information content (AvgIpc) is 2.42. The molecule has 4 heteroatoms. The molecule has 2 N–H and O–H groups in total. The number of hydrogen-bond donors (Lipinski definition) is 2. The van der Waals surface area contributed by atoms with Crippen LogP contribution in [0.3, 0.4) is 0 Å². The standard InChI is InChI=1S/C15H18N2O2/c1-2-11(9-15(18)19)10-16-14-8-7-12-5-3-4-6-13(12)17-14/h3-8,11H,2,9-10H2,1H3,(H,16,17)(H,18,19). The number of fused-ring (bicyclic) bond motifs is 1. The SMILES string of the molecule is CCC(CNc1ccc2ccccc2n1)CC(=O)O. The van der Waals surface area contributed by atoms with Gasteiger partial charge in [-0.1, -0.05) is 31.5 Å². The Morgan fingerprint density at radius 3 is 2.84 bits per heavy atom. The summed E-state index contributed by atoms with van der Waals surface area (Å²) in [5.41, 5.74) is 0.943. The first-order valence-electron chi connectivity index (χ1n) is 6.50. The number of carboxylic acids is 1. The van der Waals surface area contributed by atoms with Crippen molar-refractivity contribution < 1.29 is 9.90 Å². The molecule has 0 amide bonds. The maximum atomic E-state index is 10.7. The lowest BCUT2D eigenvalue weighted by molar-refractivity contribution is -0.138. The van der Waals surface area contributed by atoms with Crippen molar-refractivity contribution in [2.24, 2.45) is 5.92 Å². The van der Waals surface area contributed by atoms with E-state index in [0.29, 0.717) is 6.54 Å². The summed E-state index contributed by atoms with van der Waals surface area (Å²) in [4.78, 5) is 15.2. The van der Waals surface area contributed by atoms with Crippen LogP contribution in [0.4, 0.5) is 5.82 Å². The molecule has 0 aliphatic carbocycles. The molecule has 0 saturated carbocycles. The van der Waals surface area contributed by atoms with Gasteiger partial charge in [0.1, 0.15) is 5.82 Å². The molecule has 1 aromatic carbocycles. The Hall–Kier alpha value is -2.10. The fourth-order valence-corrected chi connectivity index (χ4v) is 2.02. The first-order chi connectivity index (χ1) is 9.19. The summed E-state index contributed by atoms with van der Waals surface area (Å²) in [6.45, 7) is 2.64. The van der Waals surface area contributed by atoms with E-state index in [9.17, 15) is 4.79 Å². The number of rotatable bonds is 6. The first kappa shape index (κ1) is 13.3. The number of carboxylic acid groups (broad SMARTS) is 1. The summed E-state index contributed by atoms with van der Waals surface area (Å²) in [6.07, 6.45) is 1.03. The van der Waals surface area contributed by atoms with E-state index in [0.717, 1.165) is 23.1 Å². The zero-order chi connectivity index (χ0) is 13.7. The second-order valence-corrected chi connectivity index (χ2v) is 4.64. The van der Waals surface area contributed by atoms with Crippen LogP contribution in [0, 0.1) is 5.92 Å². The molecule has 100 valence electrons. The number of nitrogens with one attached hydrogen (secondary N) is 1. The van der Waals surface area contributed by atoms with Gasteiger partial charge in [-0.3, -0.25) is 4.79 Å². The predicted octanol–water partition coefficient (Wildman–Crippen LogP) is 3.15. The minimum atomic E-state index is -0.750. The van der Waals surface area contributed by atoms with Crippen molar-refractivity contribution in [1.82, 2.24) is 4.98 Å². The lowest BCUT2D eigenvalue weighted by Crippen LogP contribution is -2.17. The number of hydrogen-bond acceptors (Lipinski definition) is 3. The van der Waals surface area contributed by atoms with E-state index in [2.05, 4.69) is 10.3 Å². The van der Waals surface area contributed by atoms with Crippen LogP contribution < -0.4 is 5.32 Å². The summed E-state index contributed by atoms with van der Waals surface area (Å²) in [5.74, 6) is 0.174. The van der Waals surface area contributed by atoms with Crippen LogP contribution in [-0.2, 0) is 4.79 Å². The highest BCUT2D eigenvalue weighted by Gasteiger charge is 2.11. The van der Waals surface area contributed by atoms with Gasteiger partial charge in [0.25, 0.3) is 0 Å². The second kappa shape index (κ2) is 6.18. The molecule has 0 aliphatic rings. The van der Waals surface area contributed by atoms with E-state index >= 15 is 0 Å². The third-order valence-electron chi connectivity index (χ3n) is 3.21. The number of benzene rings is 1. The molecule has 0 saturated heterocycles. The number of aliphatic carboxylic acids is 1. The van der Waals surface area contributed by atoms with Gasteiger partial charge in [0.15, 0.2) is 0 Å². The zero-order valence-electron chi connectivity index (χ0n) is 11.0. The lowest BCUT2D eigenvalue weighted by atomic mass is 10.0. The van der Waals surface area contributed by atoms with Gasteiger partial charge in [0.05, 0.1) is 5.52 Å². The van der Waals surface area contributed by atoms with Crippen LogP contribution in [-0.4, -0.2) is 22.6 Å². The van der Waals surface area contributed by atoms with Gasteiger partial charge in [0, 0.05) is 18.4 Å². The Balaban J connectivity index is 2.02. The third kappa shape index (κ3) is 3.68. The molecule has 1 aromatic heterocycles. The highest BCUT2D eigenvalue weighted by Crippen LogP contribution is 2.16. The summed E-state index contributed by atoms with van der Waals surface area (Å²) in [6, 6.07) is 11.9. The van der Waals surface area contributed by atoms with E-state index in [1.807, 2.05) is 43.3 Å². The van der Waals surface area contributed by atoms with E-state index in [4.69, 9.17) is 5.11 Å². The molecule has 0 aliphatic heterocycles. The fraction of sp³-hybridized carbons (Fsp3) is 0.333. The van der Waals surface area contributed by atoms with Gasteiger partial charge in [-0.15, -0.1) is 0 Å². The molecule has 0 bridgehead atoms. The molecule has 2 rings (SSSR count). The molecule has 2 aromatic rings. The van der Waals surface area contributed by atoms with Crippen LogP contribution in [0.15, 0.2) is 36.4 Å². The van der Waals surface area contributed by atoms with Crippen molar-refractivity contribution >= 4 is 22.7 Å². The third-order valence-corrected chi connectivity index (χ3v) is 3.21. The van der Waals surface area contributed by atoms with Gasteiger partial charge >= 0.3 is 5.97 Å². The van der Waals surface area contributed by atoms with Gasteiger partial charge in [-0.05, 0) is 24.1 Å². The Kier molecular flexibility index (Phi) is 4.34. The van der Waals surface area contributed by atoms with Crippen molar-refractivity contribution in [3.05, 3.63) is 36.4 Å². The molecular formula is C15H18N2O2.